The molecule has 0 bridgehead atoms. The van der Waals surface area contributed by atoms with Gasteiger partial charge in [0.15, 0.2) is 0 Å². The molecule has 0 saturated carbocycles. The van der Waals surface area contributed by atoms with Crippen LogP contribution in [0.3, 0.4) is 0 Å². The van der Waals surface area contributed by atoms with E-state index in [-0.39, 0.29) is 18.1 Å². The third kappa shape index (κ3) is 6.79. The van der Waals surface area contributed by atoms with E-state index in [1.54, 1.807) is 0 Å². The van der Waals surface area contributed by atoms with Gasteiger partial charge in [-0.15, -0.1) is 0 Å². The SMILES string of the molecule is CC(CCCF)C(C)(C)C(C)NC(=O)OC(C)(C)C. The van der Waals surface area contributed by atoms with Crippen LogP contribution in [0, 0.1) is 11.3 Å². The normalized spacial score (nSPS) is 15.8. The van der Waals surface area contributed by atoms with E-state index in [2.05, 4.69) is 26.1 Å². The third-order valence-corrected chi connectivity index (χ3v) is 3.89. The standard InChI is InChI=1S/C15H30FNO2/c1-11(9-8-10-16)15(6,7)12(2)17-13(18)19-14(3,4)5/h11-12H,8-10H2,1-7H3,(H,17,18). The molecule has 0 heterocycles. The van der Waals surface area contributed by atoms with Crippen LogP contribution in [0.2, 0.25) is 0 Å². The zero-order chi connectivity index (χ0) is 15.3. The molecule has 2 atom stereocenters. The number of carbonyl (C=O) groups is 1. The molecule has 0 aromatic heterocycles. The zero-order valence-corrected chi connectivity index (χ0v) is 13.5. The second-order valence-corrected chi connectivity index (χ2v) is 6.92. The first-order valence-corrected chi connectivity index (χ1v) is 7.06. The number of amides is 1. The van der Waals surface area contributed by atoms with Crippen LogP contribution in [-0.2, 0) is 4.74 Å². The Balaban J connectivity index is 4.45. The van der Waals surface area contributed by atoms with Gasteiger partial charge in [0, 0.05) is 6.04 Å². The maximum atomic E-state index is 12.2. The lowest BCUT2D eigenvalue weighted by Crippen LogP contribution is -2.47. The number of ether oxygens (including phenoxy) is 1. The molecule has 0 aliphatic rings. The molecule has 19 heavy (non-hydrogen) atoms. The number of hydrogen-bond donors (Lipinski definition) is 1. The summed E-state index contributed by atoms with van der Waals surface area (Å²) in [7, 11) is 0. The van der Waals surface area contributed by atoms with Crippen molar-refractivity contribution in [3.63, 3.8) is 0 Å². The topological polar surface area (TPSA) is 38.3 Å². The fourth-order valence-electron chi connectivity index (χ4n) is 1.85. The Kier molecular flexibility index (Phi) is 6.81. The Morgan fingerprint density at radius 2 is 1.74 bits per heavy atom. The van der Waals surface area contributed by atoms with E-state index in [0.717, 1.165) is 6.42 Å². The molecule has 114 valence electrons. The molecular weight excluding hydrogens is 245 g/mol. The highest BCUT2D eigenvalue weighted by molar-refractivity contribution is 5.68. The second-order valence-electron chi connectivity index (χ2n) is 6.92. The lowest BCUT2D eigenvalue weighted by molar-refractivity contribution is 0.0429. The van der Waals surface area contributed by atoms with Crippen LogP contribution in [-0.4, -0.2) is 24.4 Å². The van der Waals surface area contributed by atoms with Gasteiger partial charge in [0.25, 0.3) is 0 Å². The molecule has 0 aliphatic heterocycles. The van der Waals surface area contributed by atoms with Crippen LogP contribution >= 0.6 is 0 Å². The molecule has 0 spiro atoms. The largest absolute Gasteiger partial charge is 0.444 e. The summed E-state index contributed by atoms with van der Waals surface area (Å²) in [6.07, 6.45) is 0.999. The summed E-state index contributed by atoms with van der Waals surface area (Å²) in [4.78, 5) is 11.8. The van der Waals surface area contributed by atoms with Crippen molar-refractivity contribution >= 4 is 6.09 Å². The van der Waals surface area contributed by atoms with Gasteiger partial charge in [-0.1, -0.05) is 20.8 Å². The minimum absolute atomic E-state index is 0.0306. The number of nitrogens with one attached hydrogen (secondary N) is 1. The van der Waals surface area contributed by atoms with E-state index >= 15 is 0 Å². The molecule has 0 radical (unpaired) electrons. The predicted octanol–water partition coefficient (Wildman–Crippen LogP) is 4.31. The summed E-state index contributed by atoms with van der Waals surface area (Å²) >= 11 is 0. The first-order valence-electron chi connectivity index (χ1n) is 7.06. The van der Waals surface area contributed by atoms with Crippen molar-refractivity contribution < 1.29 is 13.9 Å². The first-order chi connectivity index (χ1) is 8.50. The lowest BCUT2D eigenvalue weighted by atomic mass is 9.72. The fourth-order valence-corrected chi connectivity index (χ4v) is 1.85. The second kappa shape index (κ2) is 7.11. The van der Waals surface area contributed by atoms with Gasteiger partial charge in [-0.25, -0.2) is 4.79 Å². The average Bonchev–Trinajstić information content (AvgIpc) is 2.22. The molecule has 0 aliphatic carbocycles. The molecule has 4 heteroatoms. The van der Waals surface area contributed by atoms with Gasteiger partial charge in [-0.2, -0.15) is 0 Å². The van der Waals surface area contributed by atoms with E-state index < -0.39 is 11.7 Å². The first kappa shape index (κ1) is 18.2. The summed E-state index contributed by atoms with van der Waals surface area (Å²) in [6.45, 7) is 13.5. The minimum atomic E-state index is -0.492. The fraction of sp³-hybridized carbons (Fsp3) is 0.933. The smallest absolute Gasteiger partial charge is 0.407 e. The Morgan fingerprint density at radius 1 is 1.21 bits per heavy atom. The molecule has 0 aromatic carbocycles. The van der Waals surface area contributed by atoms with E-state index in [4.69, 9.17) is 4.74 Å². The summed E-state index contributed by atoms with van der Waals surface area (Å²) < 4.78 is 17.5. The number of rotatable bonds is 6. The Labute approximate surface area is 117 Å². The van der Waals surface area contributed by atoms with Crippen molar-refractivity contribution in [2.75, 3.05) is 6.67 Å². The van der Waals surface area contributed by atoms with Gasteiger partial charge >= 0.3 is 6.09 Å². The van der Waals surface area contributed by atoms with Crippen molar-refractivity contribution in [3.05, 3.63) is 0 Å². The molecular formula is C15H30FNO2. The van der Waals surface area contributed by atoms with Gasteiger partial charge in [0.05, 0.1) is 6.67 Å². The number of alkyl halides is 1. The molecule has 1 amide bonds. The monoisotopic (exact) mass is 275 g/mol. The summed E-state index contributed by atoms with van der Waals surface area (Å²) in [5.41, 5.74) is -0.597. The quantitative estimate of drug-likeness (QED) is 0.784. The van der Waals surface area contributed by atoms with E-state index in [0.29, 0.717) is 12.3 Å². The number of carbonyl (C=O) groups excluding carboxylic acids is 1. The van der Waals surface area contributed by atoms with Gasteiger partial charge in [0.1, 0.15) is 5.60 Å². The molecule has 0 aromatic rings. The van der Waals surface area contributed by atoms with E-state index in [1.165, 1.54) is 0 Å². The van der Waals surface area contributed by atoms with E-state index in [1.807, 2.05) is 27.7 Å². The molecule has 0 saturated heterocycles. The molecule has 1 N–H and O–H groups in total. The molecule has 0 rings (SSSR count). The van der Waals surface area contributed by atoms with Crippen LogP contribution < -0.4 is 5.32 Å². The van der Waals surface area contributed by atoms with Crippen LogP contribution in [0.15, 0.2) is 0 Å². The maximum Gasteiger partial charge on any atom is 0.407 e. The van der Waals surface area contributed by atoms with Gasteiger partial charge in [0.2, 0.25) is 0 Å². The van der Waals surface area contributed by atoms with Crippen LogP contribution in [0.5, 0.6) is 0 Å². The third-order valence-electron chi connectivity index (χ3n) is 3.89. The van der Waals surface area contributed by atoms with Crippen molar-refractivity contribution in [3.8, 4) is 0 Å². The van der Waals surface area contributed by atoms with Gasteiger partial charge in [-0.05, 0) is 51.9 Å². The van der Waals surface area contributed by atoms with Gasteiger partial charge < -0.3 is 10.1 Å². The highest BCUT2D eigenvalue weighted by Gasteiger charge is 2.33. The molecule has 3 nitrogen and oxygen atoms in total. The lowest BCUT2D eigenvalue weighted by Gasteiger charge is -2.38. The molecule has 0 fully saturated rings. The van der Waals surface area contributed by atoms with E-state index in [9.17, 15) is 9.18 Å². The van der Waals surface area contributed by atoms with Crippen molar-refractivity contribution in [2.24, 2.45) is 11.3 Å². The predicted molar refractivity (Wildman–Crippen MR) is 77.0 cm³/mol. The summed E-state index contributed by atoms with van der Waals surface area (Å²) in [6, 6.07) is -0.0306. The highest BCUT2D eigenvalue weighted by atomic mass is 19.1. The van der Waals surface area contributed by atoms with Crippen molar-refractivity contribution in [1.29, 1.82) is 0 Å². The number of alkyl carbamates (subject to hydrolysis) is 1. The average molecular weight is 275 g/mol. The van der Waals surface area contributed by atoms with Crippen molar-refractivity contribution in [2.45, 2.75) is 73.0 Å². The summed E-state index contributed by atoms with van der Waals surface area (Å²) in [5.74, 6) is 0.327. The van der Waals surface area contributed by atoms with Crippen molar-refractivity contribution in [1.82, 2.24) is 5.32 Å². The Bertz CT molecular complexity index is 284. The number of halogens is 1. The van der Waals surface area contributed by atoms with Gasteiger partial charge in [-0.3, -0.25) is 4.39 Å². The van der Waals surface area contributed by atoms with Crippen LogP contribution in [0.25, 0.3) is 0 Å². The maximum absolute atomic E-state index is 12.2. The van der Waals surface area contributed by atoms with Crippen LogP contribution in [0.1, 0.15) is 61.3 Å². The molecule has 2 unspecified atom stereocenters. The Morgan fingerprint density at radius 3 is 2.16 bits per heavy atom. The Hall–Kier alpha value is -0.800. The summed E-state index contributed by atoms with van der Waals surface area (Å²) in [5, 5.41) is 2.88. The van der Waals surface area contributed by atoms with Crippen LogP contribution in [0.4, 0.5) is 9.18 Å². The number of hydrogen-bond acceptors (Lipinski definition) is 2. The zero-order valence-electron chi connectivity index (χ0n) is 13.5. The highest BCUT2D eigenvalue weighted by Crippen LogP contribution is 2.33. The minimum Gasteiger partial charge on any atom is -0.444 e.